The zero-order valence-electron chi connectivity index (χ0n) is 14.0. The Balaban J connectivity index is 0.00000225. The van der Waals surface area contributed by atoms with Crippen LogP contribution >= 0.6 is 17.0 Å². The van der Waals surface area contributed by atoms with Crippen LogP contribution in [0.5, 0.6) is 0 Å². The second kappa shape index (κ2) is 9.47. The van der Waals surface area contributed by atoms with Crippen LogP contribution in [0, 0.1) is 5.82 Å². The summed E-state index contributed by atoms with van der Waals surface area (Å²) in [5.41, 5.74) is 1.49. The zero-order valence-corrected chi connectivity index (χ0v) is 15.7. The van der Waals surface area contributed by atoms with Gasteiger partial charge in [0.1, 0.15) is 11.7 Å². The molecular weight excluding hydrogens is 383 g/mol. The van der Waals surface area contributed by atoms with Crippen molar-refractivity contribution in [2.24, 2.45) is 4.99 Å². The van der Waals surface area contributed by atoms with Gasteiger partial charge in [-0.3, -0.25) is 9.79 Å². The van der Waals surface area contributed by atoms with Crippen molar-refractivity contribution in [3.63, 3.8) is 0 Å². The van der Waals surface area contributed by atoms with Crippen LogP contribution in [0.2, 0.25) is 0 Å². The average molecular weight is 405 g/mol. The Labute approximate surface area is 158 Å². The van der Waals surface area contributed by atoms with Crippen molar-refractivity contribution in [1.29, 1.82) is 0 Å². The highest BCUT2D eigenvalue weighted by Crippen LogP contribution is 2.19. The number of carbonyl (C=O) groups is 1. The van der Waals surface area contributed by atoms with Crippen LogP contribution in [0.25, 0.3) is 0 Å². The Kier molecular flexibility index (Phi) is 7.31. The van der Waals surface area contributed by atoms with Gasteiger partial charge in [0.25, 0.3) is 0 Å². The number of para-hydroxylation sites is 1. The van der Waals surface area contributed by atoms with E-state index in [2.05, 4.69) is 0 Å². The maximum atomic E-state index is 13.1. The predicted molar refractivity (Wildman–Crippen MR) is 106 cm³/mol. The van der Waals surface area contributed by atoms with Gasteiger partial charge in [-0.25, -0.2) is 4.39 Å². The minimum absolute atomic E-state index is 0. The highest BCUT2D eigenvalue weighted by atomic mass is 79.9. The lowest BCUT2D eigenvalue weighted by Gasteiger charge is -2.25. The molecule has 25 heavy (non-hydrogen) atoms. The molecule has 5 heteroatoms. The highest BCUT2D eigenvalue weighted by molar-refractivity contribution is 8.93. The zero-order chi connectivity index (χ0) is 16.8. The van der Waals surface area contributed by atoms with E-state index in [1.165, 1.54) is 30.7 Å². The van der Waals surface area contributed by atoms with Gasteiger partial charge in [0, 0.05) is 24.2 Å². The minimum Gasteiger partial charge on any atom is -0.322 e. The summed E-state index contributed by atoms with van der Waals surface area (Å²) in [6, 6.07) is 15.6. The SMILES string of the molecule is Br.O=C(CN(C1=NCCCCC1)c1ccccc1)c1ccc(F)cc1. The minimum atomic E-state index is -0.334. The fourth-order valence-electron chi connectivity index (χ4n) is 2.89. The van der Waals surface area contributed by atoms with E-state index in [0.717, 1.165) is 37.3 Å². The van der Waals surface area contributed by atoms with Gasteiger partial charge in [0.2, 0.25) is 0 Å². The van der Waals surface area contributed by atoms with Gasteiger partial charge < -0.3 is 4.90 Å². The van der Waals surface area contributed by atoms with Crippen molar-refractivity contribution >= 4 is 34.3 Å². The summed E-state index contributed by atoms with van der Waals surface area (Å²) in [7, 11) is 0. The molecule has 0 saturated carbocycles. The number of aliphatic imine (C=N–C) groups is 1. The topological polar surface area (TPSA) is 32.7 Å². The molecule has 0 radical (unpaired) electrons. The maximum absolute atomic E-state index is 13.1. The van der Waals surface area contributed by atoms with Crippen LogP contribution in [-0.2, 0) is 0 Å². The van der Waals surface area contributed by atoms with Crippen molar-refractivity contribution in [3.8, 4) is 0 Å². The van der Waals surface area contributed by atoms with Crippen LogP contribution in [0.4, 0.5) is 10.1 Å². The molecule has 0 amide bonds. The van der Waals surface area contributed by atoms with E-state index in [-0.39, 0.29) is 35.1 Å². The summed E-state index contributed by atoms with van der Waals surface area (Å²) in [6.07, 6.45) is 4.23. The fraction of sp³-hybridized carbons (Fsp3) is 0.300. The summed E-state index contributed by atoms with van der Waals surface area (Å²) in [5.74, 6) is 0.597. The van der Waals surface area contributed by atoms with Gasteiger partial charge in [0.15, 0.2) is 5.78 Å². The van der Waals surface area contributed by atoms with Crippen molar-refractivity contribution < 1.29 is 9.18 Å². The Morgan fingerprint density at radius 3 is 2.44 bits per heavy atom. The van der Waals surface area contributed by atoms with Crippen molar-refractivity contribution in [2.45, 2.75) is 25.7 Å². The third-order valence-corrected chi connectivity index (χ3v) is 4.20. The predicted octanol–water partition coefficient (Wildman–Crippen LogP) is 5.07. The standard InChI is InChI=1S/C20H21FN2O.BrH/c21-17-12-10-16(11-13-17)19(24)15-23(18-7-3-1-4-8-18)20-9-5-2-6-14-22-20;/h1,3-4,7-8,10-13H,2,5-6,9,14-15H2;1H. The number of amidine groups is 1. The maximum Gasteiger partial charge on any atom is 0.182 e. The second-order valence-corrected chi connectivity index (χ2v) is 5.96. The van der Waals surface area contributed by atoms with Gasteiger partial charge in [0.05, 0.1) is 6.54 Å². The lowest BCUT2D eigenvalue weighted by atomic mass is 10.1. The number of carbonyl (C=O) groups excluding carboxylic acids is 1. The molecule has 1 aliphatic rings. The van der Waals surface area contributed by atoms with E-state index >= 15 is 0 Å². The van der Waals surface area contributed by atoms with Crippen molar-refractivity contribution in [3.05, 3.63) is 66.0 Å². The molecule has 0 fully saturated rings. The second-order valence-electron chi connectivity index (χ2n) is 5.96. The Hall–Kier alpha value is -2.01. The normalized spacial score (nSPS) is 14.0. The van der Waals surface area contributed by atoms with E-state index in [1.54, 1.807) is 0 Å². The van der Waals surface area contributed by atoms with Gasteiger partial charge in [-0.2, -0.15) is 0 Å². The third-order valence-electron chi connectivity index (χ3n) is 4.20. The van der Waals surface area contributed by atoms with Crippen LogP contribution < -0.4 is 4.90 Å². The average Bonchev–Trinajstić information content (AvgIpc) is 2.90. The van der Waals surface area contributed by atoms with E-state index < -0.39 is 0 Å². The first-order valence-corrected chi connectivity index (χ1v) is 8.39. The van der Waals surface area contributed by atoms with Gasteiger partial charge >= 0.3 is 0 Å². The summed E-state index contributed by atoms with van der Waals surface area (Å²) in [4.78, 5) is 19.3. The van der Waals surface area contributed by atoms with E-state index in [1.807, 2.05) is 35.2 Å². The number of anilines is 1. The number of halogens is 2. The molecule has 1 aliphatic heterocycles. The van der Waals surface area contributed by atoms with E-state index in [4.69, 9.17) is 4.99 Å². The molecule has 1 heterocycles. The molecule has 0 aliphatic carbocycles. The quantitative estimate of drug-likeness (QED) is 0.666. The van der Waals surface area contributed by atoms with Crippen LogP contribution in [0.15, 0.2) is 59.6 Å². The van der Waals surface area contributed by atoms with Gasteiger partial charge in [-0.15, -0.1) is 17.0 Å². The number of Topliss-reactive ketones (excluding diaryl/α,β-unsaturated/α-hetero) is 1. The summed E-state index contributed by atoms with van der Waals surface area (Å²) < 4.78 is 13.1. The molecule has 0 spiro atoms. The number of benzene rings is 2. The molecule has 0 saturated heterocycles. The molecule has 3 rings (SSSR count). The molecule has 0 N–H and O–H groups in total. The smallest absolute Gasteiger partial charge is 0.182 e. The first-order valence-electron chi connectivity index (χ1n) is 8.39. The molecule has 2 aromatic carbocycles. The van der Waals surface area contributed by atoms with Gasteiger partial charge in [-0.1, -0.05) is 24.6 Å². The Bertz CT molecular complexity index is 716. The monoisotopic (exact) mass is 404 g/mol. The molecule has 0 unspecified atom stereocenters. The third kappa shape index (κ3) is 5.23. The Morgan fingerprint density at radius 1 is 1.00 bits per heavy atom. The number of hydrogen-bond acceptors (Lipinski definition) is 3. The number of rotatable bonds is 4. The van der Waals surface area contributed by atoms with Crippen LogP contribution in [0.3, 0.4) is 0 Å². The number of nitrogens with zero attached hydrogens (tertiary/aromatic N) is 2. The molecule has 3 nitrogen and oxygen atoms in total. The molecule has 132 valence electrons. The largest absolute Gasteiger partial charge is 0.322 e. The lowest BCUT2D eigenvalue weighted by molar-refractivity contribution is 0.100. The molecule has 2 aromatic rings. The van der Waals surface area contributed by atoms with Gasteiger partial charge in [-0.05, 0) is 49.2 Å². The summed E-state index contributed by atoms with van der Waals surface area (Å²) >= 11 is 0. The fourth-order valence-corrected chi connectivity index (χ4v) is 2.89. The number of ketones is 1. The Morgan fingerprint density at radius 2 is 1.72 bits per heavy atom. The van der Waals surface area contributed by atoms with Crippen molar-refractivity contribution in [2.75, 3.05) is 18.0 Å². The molecule has 0 aromatic heterocycles. The first-order chi connectivity index (χ1) is 11.7. The summed E-state index contributed by atoms with van der Waals surface area (Å²) in [6.45, 7) is 1.03. The molecule has 0 atom stereocenters. The van der Waals surface area contributed by atoms with Crippen molar-refractivity contribution in [1.82, 2.24) is 0 Å². The molecular formula is C20H22BrFN2O. The summed E-state index contributed by atoms with van der Waals surface area (Å²) in [5, 5.41) is 0. The first kappa shape index (κ1) is 19.3. The lowest BCUT2D eigenvalue weighted by Crippen LogP contribution is -2.35. The van der Waals surface area contributed by atoms with E-state index in [0.29, 0.717) is 5.56 Å². The number of hydrogen-bond donors (Lipinski definition) is 0. The van der Waals surface area contributed by atoms with Crippen LogP contribution in [-0.4, -0.2) is 24.7 Å². The molecule has 0 bridgehead atoms. The van der Waals surface area contributed by atoms with E-state index in [9.17, 15) is 9.18 Å². The highest BCUT2D eigenvalue weighted by Gasteiger charge is 2.19. The van der Waals surface area contributed by atoms with Crippen LogP contribution in [0.1, 0.15) is 36.0 Å².